The molecule has 0 radical (unpaired) electrons. The zero-order valence-corrected chi connectivity index (χ0v) is 12.7. The van der Waals surface area contributed by atoms with Gasteiger partial charge in [-0.25, -0.2) is 0 Å². The first-order valence-corrected chi connectivity index (χ1v) is 7.25. The average Bonchev–Trinajstić information content (AvgIpc) is 2.90. The molecule has 1 heterocycles. The number of carbonyl (C=O) groups excluding carboxylic acids is 1. The fourth-order valence-electron chi connectivity index (χ4n) is 2.16. The maximum absolute atomic E-state index is 11.8. The van der Waals surface area contributed by atoms with Gasteiger partial charge in [-0.15, -0.1) is 0 Å². The topological polar surface area (TPSA) is 63.5 Å². The largest absolute Gasteiger partial charge is 0.490 e. The molecule has 1 aromatic carbocycles. The molecule has 21 heavy (non-hydrogen) atoms. The van der Waals surface area contributed by atoms with Crippen LogP contribution in [0.2, 0.25) is 0 Å². The second kappa shape index (κ2) is 7.13. The fraction of sp³-hybridized carbons (Fsp3) is 0.438. The van der Waals surface area contributed by atoms with Crippen molar-refractivity contribution in [1.29, 1.82) is 0 Å². The van der Waals surface area contributed by atoms with Gasteiger partial charge in [0, 0.05) is 18.4 Å². The predicted molar refractivity (Wildman–Crippen MR) is 82.5 cm³/mol. The average molecular weight is 290 g/mol. The van der Waals surface area contributed by atoms with Gasteiger partial charge < -0.3 is 19.8 Å². The van der Waals surface area contributed by atoms with E-state index >= 15 is 0 Å². The van der Waals surface area contributed by atoms with Crippen LogP contribution in [0, 0.1) is 0 Å². The number of fused-ring (bicyclic) bond motifs is 1. The zero-order valence-electron chi connectivity index (χ0n) is 12.7. The number of hydrogen-bond acceptors (Lipinski definition) is 4. The molecule has 0 aliphatic heterocycles. The molecule has 5 heteroatoms. The first-order valence-electron chi connectivity index (χ1n) is 7.25. The molecule has 1 unspecified atom stereocenters. The van der Waals surface area contributed by atoms with Crippen molar-refractivity contribution < 1.29 is 13.9 Å². The first-order chi connectivity index (χ1) is 10.2. The van der Waals surface area contributed by atoms with Crippen molar-refractivity contribution in [1.82, 2.24) is 10.6 Å². The van der Waals surface area contributed by atoms with Gasteiger partial charge in [-0.1, -0.05) is 12.1 Å². The van der Waals surface area contributed by atoms with Crippen molar-refractivity contribution in [3.63, 3.8) is 0 Å². The molecular formula is C16H22N2O3. The van der Waals surface area contributed by atoms with Gasteiger partial charge in [0.25, 0.3) is 0 Å². The molecule has 0 aliphatic rings. The van der Waals surface area contributed by atoms with E-state index in [0.29, 0.717) is 19.6 Å². The highest BCUT2D eigenvalue weighted by atomic mass is 16.5. The minimum absolute atomic E-state index is 0.00216. The van der Waals surface area contributed by atoms with Gasteiger partial charge in [-0.05, 0) is 33.0 Å². The van der Waals surface area contributed by atoms with Crippen molar-refractivity contribution >= 4 is 16.9 Å². The number of benzene rings is 1. The highest BCUT2D eigenvalue weighted by Crippen LogP contribution is 2.31. The number of ether oxygens (including phenoxy) is 1. The fourth-order valence-corrected chi connectivity index (χ4v) is 2.16. The molecule has 0 aliphatic carbocycles. The molecule has 114 valence electrons. The van der Waals surface area contributed by atoms with Crippen molar-refractivity contribution in [3.8, 4) is 5.75 Å². The maximum atomic E-state index is 11.8. The van der Waals surface area contributed by atoms with Crippen LogP contribution in [0.5, 0.6) is 5.75 Å². The lowest BCUT2D eigenvalue weighted by Gasteiger charge is -2.11. The molecule has 1 atom stereocenters. The Balaban J connectivity index is 2.14. The summed E-state index contributed by atoms with van der Waals surface area (Å²) >= 11 is 0. The summed E-state index contributed by atoms with van der Waals surface area (Å²) < 4.78 is 11.4. The summed E-state index contributed by atoms with van der Waals surface area (Å²) in [6.07, 6.45) is 0.450. The Kier molecular flexibility index (Phi) is 5.22. The van der Waals surface area contributed by atoms with Gasteiger partial charge in [0.2, 0.25) is 5.91 Å². The standard InChI is InChI=1S/C16H22N2O3/c1-4-20-13-7-5-6-12-10-14(21-16(12)13)11(2)18-15(19)8-9-17-3/h5-7,10-11,17H,4,8-9H2,1-3H3,(H,18,19). The Morgan fingerprint density at radius 2 is 2.24 bits per heavy atom. The predicted octanol–water partition coefficient (Wildman–Crippen LogP) is 2.62. The summed E-state index contributed by atoms with van der Waals surface area (Å²) in [6.45, 7) is 5.10. The Morgan fingerprint density at radius 3 is 2.95 bits per heavy atom. The lowest BCUT2D eigenvalue weighted by Crippen LogP contribution is -2.28. The number of para-hydroxylation sites is 1. The van der Waals surface area contributed by atoms with E-state index < -0.39 is 0 Å². The third-order valence-electron chi connectivity index (χ3n) is 3.23. The van der Waals surface area contributed by atoms with E-state index in [9.17, 15) is 4.79 Å². The van der Waals surface area contributed by atoms with Gasteiger partial charge in [0.05, 0.1) is 12.6 Å². The number of furan rings is 1. The summed E-state index contributed by atoms with van der Waals surface area (Å²) in [6, 6.07) is 7.57. The lowest BCUT2D eigenvalue weighted by molar-refractivity contribution is -0.121. The van der Waals surface area contributed by atoms with Crippen LogP contribution in [0.1, 0.15) is 32.1 Å². The summed E-state index contributed by atoms with van der Waals surface area (Å²) in [5.74, 6) is 1.47. The maximum Gasteiger partial charge on any atom is 0.221 e. The number of hydrogen-bond donors (Lipinski definition) is 2. The number of carbonyl (C=O) groups is 1. The molecule has 0 saturated heterocycles. The quantitative estimate of drug-likeness (QED) is 0.823. The van der Waals surface area contributed by atoms with Crippen LogP contribution in [0.15, 0.2) is 28.7 Å². The minimum atomic E-state index is -0.170. The van der Waals surface area contributed by atoms with Crippen LogP contribution in [0.3, 0.4) is 0 Å². The Labute approximate surface area is 124 Å². The van der Waals surface area contributed by atoms with Crippen LogP contribution in [0.25, 0.3) is 11.0 Å². The summed E-state index contributed by atoms with van der Waals surface area (Å²) in [5, 5.41) is 6.86. The molecule has 1 amide bonds. The molecule has 2 rings (SSSR count). The smallest absolute Gasteiger partial charge is 0.221 e. The van der Waals surface area contributed by atoms with Crippen molar-refractivity contribution in [3.05, 3.63) is 30.0 Å². The van der Waals surface area contributed by atoms with Crippen LogP contribution >= 0.6 is 0 Å². The lowest BCUT2D eigenvalue weighted by atomic mass is 10.2. The van der Waals surface area contributed by atoms with Crippen molar-refractivity contribution in [2.24, 2.45) is 0 Å². The molecule has 0 bridgehead atoms. The van der Waals surface area contributed by atoms with E-state index in [1.165, 1.54) is 0 Å². The third-order valence-corrected chi connectivity index (χ3v) is 3.23. The SMILES string of the molecule is CCOc1cccc2cc(C(C)NC(=O)CCNC)oc12. The van der Waals surface area contributed by atoms with Crippen LogP contribution < -0.4 is 15.4 Å². The van der Waals surface area contributed by atoms with Crippen LogP contribution in [-0.4, -0.2) is 26.1 Å². The Hall–Kier alpha value is -2.01. The second-order valence-electron chi connectivity index (χ2n) is 4.90. The molecule has 0 spiro atoms. The van der Waals surface area contributed by atoms with E-state index in [4.69, 9.17) is 9.15 Å². The number of nitrogens with one attached hydrogen (secondary N) is 2. The van der Waals surface area contributed by atoms with Crippen molar-refractivity contribution in [2.45, 2.75) is 26.3 Å². The number of amides is 1. The van der Waals surface area contributed by atoms with E-state index in [-0.39, 0.29) is 11.9 Å². The monoisotopic (exact) mass is 290 g/mol. The van der Waals surface area contributed by atoms with E-state index in [2.05, 4.69) is 10.6 Å². The van der Waals surface area contributed by atoms with Crippen LogP contribution in [-0.2, 0) is 4.79 Å². The van der Waals surface area contributed by atoms with E-state index in [1.807, 2.05) is 45.2 Å². The molecular weight excluding hydrogens is 268 g/mol. The summed E-state index contributed by atoms with van der Waals surface area (Å²) in [7, 11) is 1.82. The molecule has 1 aromatic heterocycles. The molecule has 5 nitrogen and oxygen atoms in total. The first kappa shape index (κ1) is 15.4. The minimum Gasteiger partial charge on any atom is -0.490 e. The molecule has 2 aromatic rings. The normalized spacial score (nSPS) is 12.3. The highest BCUT2D eigenvalue weighted by Gasteiger charge is 2.15. The second-order valence-corrected chi connectivity index (χ2v) is 4.90. The third kappa shape index (κ3) is 3.76. The van der Waals surface area contributed by atoms with Crippen LogP contribution in [0.4, 0.5) is 0 Å². The van der Waals surface area contributed by atoms with E-state index in [1.54, 1.807) is 0 Å². The van der Waals surface area contributed by atoms with Gasteiger partial charge in [0.1, 0.15) is 5.76 Å². The van der Waals surface area contributed by atoms with Gasteiger partial charge in [-0.3, -0.25) is 4.79 Å². The van der Waals surface area contributed by atoms with Gasteiger partial charge in [0.15, 0.2) is 11.3 Å². The van der Waals surface area contributed by atoms with Gasteiger partial charge >= 0.3 is 0 Å². The molecule has 0 saturated carbocycles. The molecule has 2 N–H and O–H groups in total. The van der Waals surface area contributed by atoms with E-state index in [0.717, 1.165) is 22.5 Å². The van der Waals surface area contributed by atoms with Gasteiger partial charge in [-0.2, -0.15) is 0 Å². The summed E-state index contributed by atoms with van der Waals surface area (Å²) in [4.78, 5) is 11.8. The van der Waals surface area contributed by atoms with Crippen molar-refractivity contribution in [2.75, 3.05) is 20.2 Å². The summed E-state index contributed by atoms with van der Waals surface area (Å²) in [5.41, 5.74) is 0.727. The Morgan fingerprint density at radius 1 is 1.43 bits per heavy atom. The zero-order chi connectivity index (χ0) is 15.2. The molecule has 0 fully saturated rings. The highest BCUT2D eigenvalue weighted by molar-refractivity contribution is 5.84. The number of rotatable bonds is 7. The Bertz CT molecular complexity index is 607.